The van der Waals surface area contributed by atoms with Crippen LogP contribution in [0, 0.1) is 11.8 Å². The molecule has 3 nitrogen and oxygen atoms in total. The molecule has 2 N–H and O–H groups in total. The molecule has 0 aliphatic carbocycles. The molecule has 2 aromatic rings. The number of benzene rings is 2. The van der Waals surface area contributed by atoms with Crippen molar-refractivity contribution in [1.29, 1.82) is 0 Å². The van der Waals surface area contributed by atoms with E-state index in [2.05, 4.69) is 24.8 Å². The summed E-state index contributed by atoms with van der Waals surface area (Å²) in [5.74, 6) is 6.20. The van der Waals surface area contributed by atoms with Crippen LogP contribution in [0.5, 0.6) is 0 Å². The van der Waals surface area contributed by atoms with Crippen LogP contribution in [0.4, 0.5) is 5.69 Å². The normalized spacial score (nSPS) is 9.92. The van der Waals surface area contributed by atoms with Gasteiger partial charge in [0.2, 0.25) is 0 Å². The van der Waals surface area contributed by atoms with Crippen molar-refractivity contribution >= 4 is 11.7 Å². The first kappa shape index (κ1) is 17.6. The van der Waals surface area contributed by atoms with Gasteiger partial charge in [0, 0.05) is 23.2 Å². The minimum atomic E-state index is -0.182. The number of hydrogen-bond donors (Lipinski definition) is 1. The molecule has 0 saturated heterocycles. The third-order valence-electron chi connectivity index (χ3n) is 3.77. The fraction of sp³-hybridized carbons (Fsp3) is 0.286. The van der Waals surface area contributed by atoms with Gasteiger partial charge in [0.25, 0.3) is 0 Å². The number of carbonyl (C=O) groups is 1. The topological polar surface area (TPSA) is 52.3 Å². The van der Waals surface area contributed by atoms with Crippen molar-refractivity contribution in [3.05, 3.63) is 64.7 Å². The SMILES string of the molecule is CCOC(=O)CCc1ccc(N)c(C#Cc2ccccc2CC)c1. The van der Waals surface area contributed by atoms with Crippen molar-refractivity contribution in [2.45, 2.75) is 33.1 Å². The zero-order valence-electron chi connectivity index (χ0n) is 14.3. The van der Waals surface area contributed by atoms with Gasteiger partial charge in [-0.2, -0.15) is 0 Å². The summed E-state index contributed by atoms with van der Waals surface area (Å²) in [6.45, 7) is 4.34. The highest BCUT2D eigenvalue weighted by atomic mass is 16.5. The summed E-state index contributed by atoms with van der Waals surface area (Å²) in [4.78, 5) is 11.5. The lowest BCUT2D eigenvalue weighted by atomic mass is 10.0. The van der Waals surface area contributed by atoms with Gasteiger partial charge in [-0.25, -0.2) is 0 Å². The molecule has 0 bridgehead atoms. The summed E-state index contributed by atoms with van der Waals surface area (Å²) in [5.41, 5.74) is 10.8. The standard InChI is InChI=1S/C21H23NO2/c1-3-17-7-5-6-8-18(17)11-12-19-15-16(9-13-20(19)22)10-14-21(23)24-4-2/h5-9,13,15H,3-4,10,14,22H2,1-2H3. The van der Waals surface area contributed by atoms with Crippen molar-refractivity contribution in [3.63, 3.8) is 0 Å². The van der Waals surface area contributed by atoms with Gasteiger partial charge >= 0.3 is 5.97 Å². The number of nitrogen functional groups attached to an aromatic ring is 1. The summed E-state index contributed by atoms with van der Waals surface area (Å²) in [6.07, 6.45) is 1.93. The molecule has 3 heteroatoms. The fourth-order valence-electron chi connectivity index (χ4n) is 2.43. The van der Waals surface area contributed by atoms with Crippen LogP contribution in [0.3, 0.4) is 0 Å². The molecule has 0 radical (unpaired) electrons. The first-order valence-electron chi connectivity index (χ1n) is 8.28. The highest BCUT2D eigenvalue weighted by Gasteiger charge is 2.04. The molecule has 0 spiro atoms. The van der Waals surface area contributed by atoms with Crippen molar-refractivity contribution < 1.29 is 9.53 Å². The Kier molecular flexibility index (Phi) is 6.45. The van der Waals surface area contributed by atoms with Crippen LogP contribution in [-0.4, -0.2) is 12.6 Å². The molecule has 2 aromatic carbocycles. The van der Waals surface area contributed by atoms with E-state index in [1.54, 1.807) is 0 Å². The smallest absolute Gasteiger partial charge is 0.306 e. The van der Waals surface area contributed by atoms with Crippen LogP contribution < -0.4 is 5.73 Å². The average molecular weight is 321 g/mol. The molecule has 0 atom stereocenters. The second-order valence-corrected chi connectivity index (χ2v) is 5.49. The lowest BCUT2D eigenvalue weighted by Crippen LogP contribution is -2.05. The quantitative estimate of drug-likeness (QED) is 0.519. The van der Waals surface area contributed by atoms with Crippen LogP contribution in [0.1, 0.15) is 42.5 Å². The van der Waals surface area contributed by atoms with E-state index in [0.29, 0.717) is 25.1 Å². The number of carbonyl (C=O) groups excluding carboxylic acids is 1. The Morgan fingerprint density at radius 2 is 1.83 bits per heavy atom. The number of hydrogen-bond acceptors (Lipinski definition) is 3. The summed E-state index contributed by atoms with van der Waals surface area (Å²) >= 11 is 0. The van der Waals surface area contributed by atoms with Gasteiger partial charge in [-0.15, -0.1) is 0 Å². The van der Waals surface area contributed by atoms with Crippen molar-refractivity contribution in [2.24, 2.45) is 0 Å². The van der Waals surface area contributed by atoms with Crippen LogP contribution in [0.25, 0.3) is 0 Å². The summed E-state index contributed by atoms with van der Waals surface area (Å²) < 4.78 is 4.96. The highest BCUT2D eigenvalue weighted by Crippen LogP contribution is 2.15. The van der Waals surface area contributed by atoms with E-state index in [-0.39, 0.29) is 5.97 Å². The minimum Gasteiger partial charge on any atom is -0.466 e. The van der Waals surface area contributed by atoms with Gasteiger partial charge in [0.05, 0.1) is 6.61 Å². The minimum absolute atomic E-state index is 0.182. The van der Waals surface area contributed by atoms with Gasteiger partial charge < -0.3 is 10.5 Å². The first-order chi connectivity index (χ1) is 11.6. The maximum atomic E-state index is 11.5. The molecule has 0 aromatic heterocycles. The number of anilines is 1. The van der Waals surface area contributed by atoms with Gasteiger partial charge in [0.15, 0.2) is 0 Å². The molecule has 0 heterocycles. The molecule has 0 aliphatic heterocycles. The molecule has 0 aliphatic rings. The third-order valence-corrected chi connectivity index (χ3v) is 3.77. The fourth-order valence-corrected chi connectivity index (χ4v) is 2.43. The first-order valence-corrected chi connectivity index (χ1v) is 8.28. The lowest BCUT2D eigenvalue weighted by molar-refractivity contribution is -0.143. The van der Waals surface area contributed by atoms with Crippen LogP contribution >= 0.6 is 0 Å². The molecule has 2 rings (SSSR count). The van der Waals surface area contributed by atoms with E-state index < -0.39 is 0 Å². The average Bonchev–Trinajstić information content (AvgIpc) is 2.60. The predicted molar refractivity (Wildman–Crippen MR) is 97.6 cm³/mol. The van der Waals surface area contributed by atoms with Gasteiger partial charge in [0.1, 0.15) is 0 Å². The Balaban J connectivity index is 2.18. The Labute approximate surface area is 143 Å². The predicted octanol–water partition coefficient (Wildman–Crippen LogP) is 3.73. The van der Waals surface area contributed by atoms with Crippen LogP contribution in [0.15, 0.2) is 42.5 Å². The summed E-state index contributed by atoms with van der Waals surface area (Å²) in [6, 6.07) is 13.8. The third kappa shape index (κ3) is 4.89. The number of rotatable bonds is 5. The maximum absolute atomic E-state index is 11.5. The van der Waals surface area contributed by atoms with Crippen molar-refractivity contribution in [2.75, 3.05) is 12.3 Å². The van der Waals surface area contributed by atoms with Gasteiger partial charge in [-0.1, -0.05) is 43.0 Å². The summed E-state index contributed by atoms with van der Waals surface area (Å²) in [7, 11) is 0. The van der Waals surface area contributed by atoms with E-state index >= 15 is 0 Å². The highest BCUT2D eigenvalue weighted by molar-refractivity contribution is 5.70. The van der Waals surface area contributed by atoms with Crippen molar-refractivity contribution in [1.82, 2.24) is 0 Å². The Bertz CT molecular complexity index is 769. The zero-order chi connectivity index (χ0) is 17.4. The molecule has 0 fully saturated rings. The molecule has 0 saturated carbocycles. The second kappa shape index (κ2) is 8.79. The lowest BCUT2D eigenvalue weighted by Gasteiger charge is -2.05. The van der Waals surface area contributed by atoms with E-state index in [1.807, 2.05) is 43.3 Å². The number of ether oxygens (including phenoxy) is 1. The number of nitrogens with two attached hydrogens (primary N) is 1. The van der Waals surface area contributed by atoms with Crippen molar-refractivity contribution in [3.8, 4) is 11.8 Å². The Morgan fingerprint density at radius 1 is 1.08 bits per heavy atom. The molecule has 24 heavy (non-hydrogen) atoms. The summed E-state index contributed by atoms with van der Waals surface area (Å²) in [5, 5.41) is 0. The van der Waals surface area contributed by atoms with Gasteiger partial charge in [-0.05, 0) is 49.1 Å². The monoisotopic (exact) mass is 321 g/mol. The van der Waals surface area contributed by atoms with Crippen LogP contribution in [0.2, 0.25) is 0 Å². The van der Waals surface area contributed by atoms with E-state index in [9.17, 15) is 4.79 Å². The molecule has 124 valence electrons. The van der Waals surface area contributed by atoms with Crippen LogP contribution in [-0.2, 0) is 22.4 Å². The zero-order valence-corrected chi connectivity index (χ0v) is 14.3. The van der Waals surface area contributed by atoms with E-state index in [0.717, 1.165) is 23.1 Å². The Hall–Kier alpha value is -2.73. The van der Waals surface area contributed by atoms with E-state index in [4.69, 9.17) is 10.5 Å². The molecule has 0 amide bonds. The van der Waals surface area contributed by atoms with E-state index in [1.165, 1.54) is 5.56 Å². The van der Waals surface area contributed by atoms with Gasteiger partial charge in [-0.3, -0.25) is 4.79 Å². The number of aryl methyl sites for hydroxylation is 2. The molecular weight excluding hydrogens is 298 g/mol. The Morgan fingerprint density at radius 3 is 2.58 bits per heavy atom. The molecular formula is C21H23NO2. The largest absolute Gasteiger partial charge is 0.466 e. The second-order valence-electron chi connectivity index (χ2n) is 5.49. The maximum Gasteiger partial charge on any atom is 0.306 e. The number of esters is 1. The molecule has 0 unspecified atom stereocenters.